The van der Waals surface area contributed by atoms with Crippen LogP contribution < -0.4 is 0 Å². The van der Waals surface area contributed by atoms with Crippen molar-refractivity contribution in [2.45, 2.75) is 25.7 Å². The number of rotatable bonds is 7. The van der Waals surface area contributed by atoms with Gasteiger partial charge in [0.1, 0.15) is 0 Å². The molecule has 6 heteroatoms. The molecule has 4 rings (SSSR count). The number of aromatic amines is 1. The summed E-state index contributed by atoms with van der Waals surface area (Å²) in [5.74, 6) is 1.27. The largest absolute Gasteiger partial charge is 0.381 e. The molecule has 0 spiro atoms. The molecule has 1 N–H and O–H groups in total. The first-order valence-corrected chi connectivity index (χ1v) is 9.88. The summed E-state index contributed by atoms with van der Waals surface area (Å²) in [6.45, 7) is 6.27. The van der Waals surface area contributed by atoms with Gasteiger partial charge in [0, 0.05) is 62.6 Å². The molecule has 144 valence electrons. The minimum absolute atomic E-state index is 0.00669. The molecule has 1 aromatic heterocycles. The number of carbonyl (C=O) groups is 1. The van der Waals surface area contributed by atoms with Gasteiger partial charge in [0.2, 0.25) is 5.91 Å². The summed E-state index contributed by atoms with van der Waals surface area (Å²) in [5, 5.41) is 0. The van der Waals surface area contributed by atoms with Gasteiger partial charge in [-0.25, -0.2) is 0 Å². The Morgan fingerprint density at radius 3 is 3.04 bits per heavy atom. The molecule has 0 radical (unpaired) electrons. The van der Waals surface area contributed by atoms with E-state index < -0.39 is 0 Å². The van der Waals surface area contributed by atoms with Crippen molar-refractivity contribution in [1.29, 1.82) is 0 Å². The lowest BCUT2D eigenvalue weighted by molar-refractivity contribution is -0.131. The third kappa shape index (κ3) is 3.97. The number of aryl methyl sites for hydroxylation is 1. The lowest BCUT2D eigenvalue weighted by atomic mass is 9.82. The van der Waals surface area contributed by atoms with Gasteiger partial charge in [-0.05, 0) is 37.3 Å². The Kier molecular flexibility index (Phi) is 5.62. The summed E-state index contributed by atoms with van der Waals surface area (Å²) >= 11 is 0. The number of H-pyrrole nitrogens is 1. The van der Waals surface area contributed by atoms with Crippen LogP contribution in [0.25, 0.3) is 0 Å². The molecule has 0 unspecified atom stereocenters. The molecule has 6 nitrogen and oxygen atoms in total. The van der Waals surface area contributed by atoms with Crippen LogP contribution in [0.1, 0.15) is 25.0 Å². The highest BCUT2D eigenvalue weighted by Crippen LogP contribution is 2.42. The van der Waals surface area contributed by atoms with Gasteiger partial charge >= 0.3 is 0 Å². The Labute approximate surface area is 155 Å². The van der Waals surface area contributed by atoms with E-state index in [9.17, 15) is 4.79 Å². The van der Waals surface area contributed by atoms with Crippen molar-refractivity contribution in [3.05, 3.63) is 24.0 Å². The number of hydrogen-bond donors (Lipinski definition) is 1. The van der Waals surface area contributed by atoms with Crippen LogP contribution in [-0.2, 0) is 25.4 Å². The predicted octanol–water partition coefficient (Wildman–Crippen LogP) is 1.87. The summed E-state index contributed by atoms with van der Waals surface area (Å²) in [6, 6.07) is 4.01. The second-order valence-electron chi connectivity index (χ2n) is 8.11. The Morgan fingerprint density at radius 2 is 2.23 bits per heavy atom. The molecule has 3 aliphatic heterocycles. The molecule has 0 saturated carbocycles. The molecule has 0 bridgehead atoms. The van der Waals surface area contributed by atoms with Crippen LogP contribution in [0.3, 0.4) is 0 Å². The Morgan fingerprint density at radius 1 is 1.35 bits per heavy atom. The van der Waals surface area contributed by atoms with E-state index >= 15 is 0 Å². The maximum Gasteiger partial charge on any atom is 0.222 e. The maximum atomic E-state index is 12.7. The van der Waals surface area contributed by atoms with Crippen LogP contribution in [0.5, 0.6) is 0 Å². The fraction of sp³-hybridized carbons (Fsp3) is 0.750. The van der Waals surface area contributed by atoms with Crippen LogP contribution in [0, 0.1) is 17.3 Å². The van der Waals surface area contributed by atoms with E-state index in [2.05, 4.69) is 4.98 Å². The smallest absolute Gasteiger partial charge is 0.222 e. The maximum absolute atomic E-state index is 12.7. The van der Waals surface area contributed by atoms with E-state index in [1.165, 1.54) is 0 Å². The third-order valence-electron chi connectivity index (χ3n) is 6.23. The number of nitrogens with zero attached hydrogens (tertiary/aromatic N) is 1. The van der Waals surface area contributed by atoms with Gasteiger partial charge in [0.25, 0.3) is 0 Å². The summed E-state index contributed by atoms with van der Waals surface area (Å²) in [4.78, 5) is 17.9. The average molecular weight is 362 g/mol. The summed E-state index contributed by atoms with van der Waals surface area (Å²) in [6.07, 6.45) is 5.43. The molecular weight excluding hydrogens is 332 g/mol. The number of aromatic nitrogens is 1. The molecule has 1 aromatic rings. The zero-order chi connectivity index (χ0) is 17.8. The molecule has 4 heterocycles. The molecule has 0 aliphatic carbocycles. The number of likely N-dealkylation sites (tertiary alicyclic amines) is 1. The van der Waals surface area contributed by atoms with Crippen molar-refractivity contribution in [2.75, 3.05) is 52.7 Å². The second-order valence-corrected chi connectivity index (χ2v) is 8.11. The SMILES string of the molecule is O=C(CCc1ccc[nH]1)N1C[C@@H]2COC[C@]2(COCC2CCOCC2)C1. The summed E-state index contributed by atoms with van der Waals surface area (Å²) in [7, 11) is 0. The monoisotopic (exact) mass is 362 g/mol. The van der Waals surface area contributed by atoms with Crippen molar-refractivity contribution in [2.24, 2.45) is 17.3 Å². The van der Waals surface area contributed by atoms with E-state index in [0.29, 0.717) is 31.5 Å². The van der Waals surface area contributed by atoms with E-state index in [1.807, 2.05) is 23.2 Å². The quantitative estimate of drug-likeness (QED) is 0.804. The molecule has 3 aliphatic rings. The zero-order valence-electron chi connectivity index (χ0n) is 15.5. The van der Waals surface area contributed by atoms with Crippen molar-refractivity contribution < 1.29 is 19.0 Å². The van der Waals surface area contributed by atoms with Crippen LogP contribution in [-0.4, -0.2) is 68.5 Å². The highest BCUT2D eigenvalue weighted by molar-refractivity contribution is 5.77. The van der Waals surface area contributed by atoms with Crippen molar-refractivity contribution in [3.63, 3.8) is 0 Å². The van der Waals surface area contributed by atoms with Gasteiger partial charge in [-0.3, -0.25) is 4.79 Å². The van der Waals surface area contributed by atoms with Crippen LogP contribution in [0.2, 0.25) is 0 Å². The lowest BCUT2D eigenvalue weighted by Crippen LogP contribution is -2.38. The number of amides is 1. The third-order valence-corrected chi connectivity index (χ3v) is 6.23. The van der Waals surface area contributed by atoms with Gasteiger partial charge in [-0.2, -0.15) is 0 Å². The van der Waals surface area contributed by atoms with Crippen molar-refractivity contribution >= 4 is 5.91 Å². The van der Waals surface area contributed by atoms with Gasteiger partial charge in [0.15, 0.2) is 0 Å². The Hall–Kier alpha value is -1.37. The van der Waals surface area contributed by atoms with E-state index in [1.54, 1.807) is 0 Å². The lowest BCUT2D eigenvalue weighted by Gasteiger charge is -2.29. The van der Waals surface area contributed by atoms with Gasteiger partial charge < -0.3 is 24.1 Å². The van der Waals surface area contributed by atoms with E-state index in [-0.39, 0.29) is 11.3 Å². The first-order chi connectivity index (χ1) is 12.8. The normalized spacial score (nSPS) is 29.2. The second kappa shape index (κ2) is 8.11. The van der Waals surface area contributed by atoms with Gasteiger partial charge in [0.05, 0.1) is 19.8 Å². The minimum Gasteiger partial charge on any atom is -0.381 e. The first kappa shape index (κ1) is 18.0. The molecule has 1 amide bonds. The van der Waals surface area contributed by atoms with Crippen LogP contribution in [0.4, 0.5) is 0 Å². The van der Waals surface area contributed by atoms with Gasteiger partial charge in [-0.15, -0.1) is 0 Å². The summed E-state index contributed by atoms with van der Waals surface area (Å²) in [5.41, 5.74) is 1.11. The fourth-order valence-corrected chi connectivity index (χ4v) is 4.49. The number of ether oxygens (including phenoxy) is 3. The number of carbonyl (C=O) groups excluding carboxylic acids is 1. The number of nitrogens with one attached hydrogen (secondary N) is 1. The summed E-state index contributed by atoms with van der Waals surface area (Å²) < 4.78 is 17.3. The molecular formula is C20H30N2O4. The van der Waals surface area contributed by atoms with Crippen molar-refractivity contribution in [3.8, 4) is 0 Å². The van der Waals surface area contributed by atoms with Crippen LogP contribution in [0.15, 0.2) is 18.3 Å². The molecule has 26 heavy (non-hydrogen) atoms. The van der Waals surface area contributed by atoms with Crippen molar-refractivity contribution in [1.82, 2.24) is 9.88 Å². The van der Waals surface area contributed by atoms with Crippen LogP contribution >= 0.6 is 0 Å². The highest BCUT2D eigenvalue weighted by atomic mass is 16.5. The molecule has 3 saturated heterocycles. The Balaban J connectivity index is 1.27. The number of hydrogen-bond acceptors (Lipinski definition) is 4. The topological polar surface area (TPSA) is 63.8 Å². The number of fused-ring (bicyclic) bond motifs is 1. The fourth-order valence-electron chi connectivity index (χ4n) is 4.49. The average Bonchev–Trinajstić information content (AvgIpc) is 3.36. The molecule has 2 atom stereocenters. The highest BCUT2D eigenvalue weighted by Gasteiger charge is 2.51. The van der Waals surface area contributed by atoms with E-state index in [4.69, 9.17) is 14.2 Å². The predicted molar refractivity (Wildman–Crippen MR) is 96.8 cm³/mol. The zero-order valence-corrected chi connectivity index (χ0v) is 15.5. The first-order valence-electron chi connectivity index (χ1n) is 9.88. The van der Waals surface area contributed by atoms with Gasteiger partial charge in [-0.1, -0.05) is 0 Å². The molecule has 0 aromatic carbocycles. The minimum atomic E-state index is -0.00669. The standard InChI is InChI=1S/C20H30N2O4/c23-19(4-3-18-2-1-7-21-18)22-10-17-12-26-15-20(17,13-22)14-25-11-16-5-8-24-9-6-16/h1-2,7,16-17,21H,3-6,8-15H2/t17-,20-/m1/s1. The van der Waals surface area contributed by atoms with E-state index in [0.717, 1.165) is 64.5 Å². The Bertz CT molecular complexity index is 585. The molecule has 3 fully saturated rings.